The van der Waals surface area contributed by atoms with Crippen LogP contribution >= 0.6 is 0 Å². The third-order valence-corrected chi connectivity index (χ3v) is 6.10. The zero-order valence-electron chi connectivity index (χ0n) is 21.8. The molecule has 40 heavy (non-hydrogen) atoms. The molecule has 13 heteroatoms. The Labute approximate surface area is 225 Å². The number of methoxy groups -OCH3 is 1. The number of aryl methyl sites for hydroxylation is 2. The van der Waals surface area contributed by atoms with Crippen molar-refractivity contribution in [2.45, 2.75) is 40.1 Å². The second-order valence-corrected chi connectivity index (χ2v) is 8.87. The minimum atomic E-state index is -3.00. The molecule has 0 radical (unpaired) electrons. The summed E-state index contributed by atoms with van der Waals surface area (Å²) in [6, 6.07) is 9.26. The molecule has 0 aliphatic carbocycles. The Morgan fingerprint density at radius 1 is 0.950 bits per heavy atom. The molecule has 2 heterocycles. The fourth-order valence-corrected chi connectivity index (χ4v) is 3.99. The molecule has 4 rings (SSSR count). The van der Waals surface area contributed by atoms with E-state index in [0.29, 0.717) is 10.1 Å². The molecule has 0 saturated carbocycles. The minimum absolute atomic E-state index is 0.0682. The first-order valence-electron chi connectivity index (χ1n) is 12.0. The number of hydrogen-bond acceptors (Lipinski definition) is 7. The van der Waals surface area contributed by atoms with Crippen molar-refractivity contribution in [2.75, 3.05) is 12.4 Å². The van der Waals surface area contributed by atoms with Crippen molar-refractivity contribution in [3.05, 3.63) is 109 Å². The lowest BCUT2D eigenvalue weighted by atomic mass is 10.1. The van der Waals surface area contributed by atoms with Crippen molar-refractivity contribution in [1.82, 2.24) is 19.1 Å². The van der Waals surface area contributed by atoms with Gasteiger partial charge in [0.25, 0.3) is 0 Å². The SMILES string of the molecule is COc1cc(F)c(Cn2c(=O)nc(NCc3cnc(C)cc3C)n(Cc3ccc(OC(F)F)cc3)c2=O)c(F)c1. The first-order valence-corrected chi connectivity index (χ1v) is 12.0. The number of halogens is 4. The van der Waals surface area contributed by atoms with Crippen LogP contribution in [-0.2, 0) is 19.6 Å². The van der Waals surface area contributed by atoms with E-state index in [1.807, 2.05) is 19.9 Å². The summed E-state index contributed by atoms with van der Waals surface area (Å²) in [5.74, 6) is -2.26. The normalized spacial score (nSPS) is 11.1. The second kappa shape index (κ2) is 12.0. The number of benzene rings is 2. The summed E-state index contributed by atoms with van der Waals surface area (Å²) in [5, 5.41) is 2.97. The third-order valence-electron chi connectivity index (χ3n) is 6.10. The van der Waals surface area contributed by atoms with Crippen molar-refractivity contribution < 1.29 is 27.0 Å². The van der Waals surface area contributed by atoms with Crippen LogP contribution in [0.25, 0.3) is 0 Å². The molecule has 9 nitrogen and oxygen atoms in total. The highest BCUT2D eigenvalue weighted by molar-refractivity contribution is 5.34. The number of alkyl halides is 2. The lowest BCUT2D eigenvalue weighted by Gasteiger charge is -2.17. The summed E-state index contributed by atoms with van der Waals surface area (Å²) in [6.45, 7) is 0.00489. The summed E-state index contributed by atoms with van der Waals surface area (Å²) < 4.78 is 65.2. The Hall–Kier alpha value is -4.68. The molecule has 0 aliphatic heterocycles. The number of aromatic nitrogens is 4. The maximum absolute atomic E-state index is 14.6. The fourth-order valence-electron chi connectivity index (χ4n) is 3.99. The molecule has 0 unspecified atom stereocenters. The van der Waals surface area contributed by atoms with Gasteiger partial charge >= 0.3 is 18.0 Å². The largest absolute Gasteiger partial charge is 0.497 e. The molecule has 0 fully saturated rings. The van der Waals surface area contributed by atoms with Crippen LogP contribution in [-0.4, -0.2) is 32.8 Å². The number of hydrogen-bond donors (Lipinski definition) is 1. The van der Waals surface area contributed by atoms with Gasteiger partial charge < -0.3 is 14.8 Å². The van der Waals surface area contributed by atoms with E-state index in [0.717, 1.165) is 33.5 Å². The highest BCUT2D eigenvalue weighted by atomic mass is 19.3. The van der Waals surface area contributed by atoms with Crippen LogP contribution in [0.15, 0.2) is 58.3 Å². The molecule has 0 saturated heterocycles. The summed E-state index contributed by atoms with van der Waals surface area (Å²) in [6.07, 6.45) is 1.65. The average Bonchev–Trinajstić information content (AvgIpc) is 2.89. The number of anilines is 1. The quantitative estimate of drug-likeness (QED) is 0.293. The highest BCUT2D eigenvalue weighted by Crippen LogP contribution is 2.21. The molecule has 2 aromatic heterocycles. The first kappa shape index (κ1) is 28.3. The molecule has 0 bridgehead atoms. The van der Waals surface area contributed by atoms with Crippen molar-refractivity contribution in [3.8, 4) is 11.5 Å². The van der Waals surface area contributed by atoms with Crippen LogP contribution in [0.4, 0.5) is 23.5 Å². The maximum atomic E-state index is 14.6. The van der Waals surface area contributed by atoms with Crippen molar-refractivity contribution in [2.24, 2.45) is 0 Å². The first-order chi connectivity index (χ1) is 19.0. The Bertz CT molecular complexity index is 1610. The van der Waals surface area contributed by atoms with Gasteiger partial charge in [-0.3, -0.25) is 9.55 Å². The van der Waals surface area contributed by atoms with E-state index in [-0.39, 0.29) is 30.5 Å². The van der Waals surface area contributed by atoms with Gasteiger partial charge in [0.15, 0.2) is 0 Å². The lowest BCUT2D eigenvalue weighted by molar-refractivity contribution is -0.0498. The molecular weight excluding hydrogens is 534 g/mol. The Morgan fingerprint density at radius 3 is 2.23 bits per heavy atom. The fraction of sp³-hybridized carbons (Fsp3) is 0.259. The standard InChI is InChI=1S/C27H25F4N5O4/c1-15-8-16(2)32-11-18(15)12-33-25-34-26(37)36(14-21-22(28)9-20(39-3)10-23(21)29)27(38)35(25)13-17-4-6-19(7-5-17)40-24(30)31/h4-11,24H,12-14H2,1-3H3,(H,33,34,37). The van der Waals surface area contributed by atoms with Gasteiger partial charge in [0.1, 0.15) is 23.1 Å². The summed E-state index contributed by atoms with van der Waals surface area (Å²) in [4.78, 5) is 34.7. The van der Waals surface area contributed by atoms with Gasteiger partial charge in [-0.15, -0.1) is 0 Å². The van der Waals surface area contributed by atoms with Gasteiger partial charge in [-0.25, -0.2) is 22.9 Å². The van der Waals surface area contributed by atoms with E-state index in [1.165, 1.54) is 31.4 Å². The minimum Gasteiger partial charge on any atom is -0.497 e. The van der Waals surface area contributed by atoms with E-state index >= 15 is 0 Å². The topological polar surface area (TPSA) is 100 Å². The Kier molecular flexibility index (Phi) is 8.51. The van der Waals surface area contributed by atoms with Crippen molar-refractivity contribution in [3.63, 3.8) is 0 Å². The van der Waals surface area contributed by atoms with Gasteiger partial charge in [-0.05, 0) is 48.7 Å². The van der Waals surface area contributed by atoms with E-state index < -0.39 is 41.7 Å². The highest BCUT2D eigenvalue weighted by Gasteiger charge is 2.19. The summed E-state index contributed by atoms with van der Waals surface area (Å²) in [5.41, 5.74) is 0.546. The van der Waals surface area contributed by atoms with Crippen LogP contribution in [0, 0.1) is 25.5 Å². The van der Waals surface area contributed by atoms with E-state index in [9.17, 15) is 27.2 Å². The van der Waals surface area contributed by atoms with Gasteiger partial charge in [0.05, 0.1) is 20.2 Å². The molecule has 0 spiro atoms. The predicted octanol–water partition coefficient (Wildman–Crippen LogP) is 4.01. The van der Waals surface area contributed by atoms with Crippen LogP contribution in [0.5, 0.6) is 11.5 Å². The number of pyridine rings is 1. The van der Waals surface area contributed by atoms with Crippen LogP contribution < -0.4 is 26.2 Å². The van der Waals surface area contributed by atoms with E-state index in [4.69, 9.17) is 4.74 Å². The van der Waals surface area contributed by atoms with Gasteiger partial charge in [0.2, 0.25) is 5.95 Å². The zero-order chi connectivity index (χ0) is 29.0. The van der Waals surface area contributed by atoms with E-state index in [2.05, 4.69) is 20.0 Å². The van der Waals surface area contributed by atoms with Gasteiger partial charge in [-0.2, -0.15) is 13.8 Å². The Balaban J connectivity index is 1.74. The molecule has 0 atom stereocenters. The summed E-state index contributed by atoms with van der Waals surface area (Å²) in [7, 11) is 1.24. The van der Waals surface area contributed by atoms with Crippen LogP contribution in [0.3, 0.4) is 0 Å². The smallest absolute Gasteiger partial charge is 0.387 e. The second-order valence-electron chi connectivity index (χ2n) is 8.87. The van der Waals surface area contributed by atoms with Crippen LogP contribution in [0.2, 0.25) is 0 Å². The van der Waals surface area contributed by atoms with Gasteiger partial charge in [0, 0.05) is 36.1 Å². The summed E-state index contributed by atoms with van der Waals surface area (Å²) >= 11 is 0. The molecule has 2 aromatic carbocycles. The number of nitrogens with one attached hydrogen (secondary N) is 1. The van der Waals surface area contributed by atoms with Crippen molar-refractivity contribution in [1.29, 1.82) is 0 Å². The predicted molar refractivity (Wildman–Crippen MR) is 138 cm³/mol. The van der Waals surface area contributed by atoms with E-state index in [1.54, 1.807) is 6.20 Å². The third kappa shape index (κ3) is 6.47. The number of ether oxygens (including phenoxy) is 2. The van der Waals surface area contributed by atoms with Crippen LogP contribution in [0.1, 0.15) is 27.9 Å². The lowest BCUT2D eigenvalue weighted by Crippen LogP contribution is -2.43. The van der Waals surface area contributed by atoms with Gasteiger partial charge in [-0.1, -0.05) is 12.1 Å². The zero-order valence-corrected chi connectivity index (χ0v) is 21.8. The molecular formula is C27H25F4N5O4. The average molecular weight is 560 g/mol. The Morgan fingerprint density at radius 2 is 1.62 bits per heavy atom. The number of rotatable bonds is 10. The molecule has 4 aromatic rings. The monoisotopic (exact) mass is 559 g/mol. The number of nitrogens with zero attached hydrogens (tertiary/aromatic N) is 4. The van der Waals surface area contributed by atoms with Crippen molar-refractivity contribution >= 4 is 5.95 Å². The molecule has 210 valence electrons. The molecule has 1 N–H and O–H groups in total. The maximum Gasteiger partial charge on any atom is 0.387 e. The molecule has 0 amide bonds. The molecule has 0 aliphatic rings.